The molecule has 0 saturated carbocycles. The molecule has 1 aliphatic rings. The van der Waals surface area contributed by atoms with E-state index in [9.17, 15) is 4.79 Å². The Bertz CT molecular complexity index is 181. The van der Waals surface area contributed by atoms with E-state index in [1.165, 1.54) is 29.3 Å². The van der Waals surface area contributed by atoms with E-state index in [2.05, 4.69) is 11.2 Å². The molecule has 0 bridgehead atoms. The van der Waals surface area contributed by atoms with Crippen LogP contribution < -0.4 is 0 Å². The lowest BCUT2D eigenvalue weighted by atomic mass is 10.0. The maximum atomic E-state index is 10.5. The Labute approximate surface area is 83.2 Å². The summed E-state index contributed by atoms with van der Waals surface area (Å²) in [5, 5.41) is 8.64. The Morgan fingerprint density at radius 3 is 2.54 bits per heavy atom. The highest BCUT2D eigenvalue weighted by Gasteiger charge is 2.19. The van der Waals surface area contributed by atoms with E-state index in [0.717, 1.165) is 19.0 Å². The predicted octanol–water partition coefficient (Wildman–Crippen LogP) is 1.89. The first kappa shape index (κ1) is 10.7. The molecule has 76 valence electrons. The number of carboxylic acid groups (broad SMARTS) is 1. The highest BCUT2D eigenvalue weighted by molar-refractivity contribution is 7.95. The van der Waals surface area contributed by atoms with Crippen LogP contribution >= 0.6 is 12.1 Å². The maximum Gasteiger partial charge on any atom is 0.418 e. The van der Waals surface area contributed by atoms with Crippen molar-refractivity contribution in [1.29, 1.82) is 0 Å². The molecule has 1 N–H and O–H groups in total. The first-order valence-corrected chi connectivity index (χ1v) is 5.22. The van der Waals surface area contributed by atoms with Crippen LogP contribution in [0.4, 0.5) is 4.79 Å². The van der Waals surface area contributed by atoms with Crippen LogP contribution in [0.2, 0.25) is 0 Å². The summed E-state index contributed by atoms with van der Waals surface area (Å²) in [7, 11) is 1.57. The van der Waals surface area contributed by atoms with Gasteiger partial charge in [-0.25, -0.2) is 13.4 Å². The van der Waals surface area contributed by atoms with Crippen molar-refractivity contribution in [2.75, 3.05) is 20.1 Å². The van der Waals surface area contributed by atoms with E-state index < -0.39 is 6.09 Å². The van der Waals surface area contributed by atoms with Crippen molar-refractivity contribution >= 4 is 18.2 Å². The minimum absolute atomic E-state index is 0.784. The summed E-state index contributed by atoms with van der Waals surface area (Å²) in [4.78, 5) is 10.5. The third-order valence-electron chi connectivity index (χ3n) is 2.25. The Hall–Kier alpha value is -0.420. The molecule has 0 radical (unpaired) electrons. The van der Waals surface area contributed by atoms with Gasteiger partial charge in [0.05, 0.1) is 0 Å². The largest absolute Gasteiger partial charge is 0.464 e. The van der Waals surface area contributed by atoms with Crippen LogP contribution in [0.15, 0.2) is 0 Å². The van der Waals surface area contributed by atoms with Crippen molar-refractivity contribution in [3.8, 4) is 0 Å². The molecule has 5 heteroatoms. The first-order valence-electron chi connectivity index (χ1n) is 4.49. The minimum Gasteiger partial charge on any atom is -0.464 e. The van der Waals surface area contributed by atoms with Crippen LogP contribution in [0, 0.1) is 5.92 Å². The molecule has 1 amide bonds. The van der Waals surface area contributed by atoms with Crippen LogP contribution in [0.5, 0.6) is 0 Å². The van der Waals surface area contributed by atoms with E-state index >= 15 is 0 Å². The van der Waals surface area contributed by atoms with Gasteiger partial charge in [-0.05, 0) is 18.8 Å². The van der Waals surface area contributed by atoms with Crippen molar-refractivity contribution in [1.82, 2.24) is 8.61 Å². The molecule has 13 heavy (non-hydrogen) atoms. The zero-order chi connectivity index (χ0) is 9.84. The van der Waals surface area contributed by atoms with Gasteiger partial charge in [0.2, 0.25) is 0 Å². The van der Waals surface area contributed by atoms with Gasteiger partial charge in [-0.3, -0.25) is 0 Å². The van der Waals surface area contributed by atoms with Crippen LogP contribution in [0.3, 0.4) is 0 Å². The molecule has 1 aliphatic heterocycles. The van der Waals surface area contributed by atoms with E-state index in [0.29, 0.717) is 0 Å². The molecule has 1 saturated heterocycles. The van der Waals surface area contributed by atoms with Gasteiger partial charge in [0.15, 0.2) is 0 Å². The summed E-state index contributed by atoms with van der Waals surface area (Å²) in [5.41, 5.74) is 0. The number of piperidine rings is 1. The number of nitrogens with zero attached hydrogens (tertiary/aromatic N) is 2. The zero-order valence-electron chi connectivity index (χ0n) is 8.06. The fourth-order valence-electron chi connectivity index (χ4n) is 1.27. The second-order valence-electron chi connectivity index (χ2n) is 3.47. The highest BCUT2D eigenvalue weighted by Crippen LogP contribution is 2.23. The van der Waals surface area contributed by atoms with Crippen LogP contribution in [-0.2, 0) is 0 Å². The van der Waals surface area contributed by atoms with E-state index in [-0.39, 0.29) is 0 Å². The zero-order valence-corrected chi connectivity index (χ0v) is 8.88. The smallest absolute Gasteiger partial charge is 0.418 e. The fourth-order valence-corrected chi connectivity index (χ4v) is 2.07. The van der Waals surface area contributed by atoms with E-state index in [1.807, 2.05) is 0 Å². The quantitative estimate of drug-likeness (QED) is 0.698. The van der Waals surface area contributed by atoms with Crippen molar-refractivity contribution in [3.05, 3.63) is 0 Å². The molecular formula is C8H16N2O2S. The van der Waals surface area contributed by atoms with Gasteiger partial charge in [0, 0.05) is 32.3 Å². The molecule has 1 rings (SSSR count). The molecular weight excluding hydrogens is 188 g/mol. The van der Waals surface area contributed by atoms with Gasteiger partial charge in [-0.1, -0.05) is 6.92 Å². The molecule has 0 unspecified atom stereocenters. The molecule has 0 aromatic heterocycles. The molecule has 1 fully saturated rings. The Morgan fingerprint density at radius 2 is 2.08 bits per heavy atom. The van der Waals surface area contributed by atoms with Crippen LogP contribution in [0.1, 0.15) is 19.8 Å². The minimum atomic E-state index is -0.886. The number of amides is 1. The SMILES string of the molecule is CC1CCN(SN(C)C(=O)O)CC1. The lowest BCUT2D eigenvalue weighted by Gasteiger charge is -2.30. The normalized spacial score (nSPS) is 20.2. The number of carbonyl (C=O) groups is 1. The molecule has 1 heterocycles. The maximum absolute atomic E-state index is 10.5. The summed E-state index contributed by atoms with van der Waals surface area (Å²) in [5.74, 6) is 0.784. The van der Waals surface area contributed by atoms with E-state index in [1.54, 1.807) is 7.05 Å². The average molecular weight is 204 g/mol. The van der Waals surface area contributed by atoms with Crippen LogP contribution in [-0.4, -0.2) is 39.9 Å². The number of rotatable bonds is 2. The summed E-state index contributed by atoms with van der Waals surface area (Å²) in [6.45, 7) is 4.22. The topological polar surface area (TPSA) is 43.8 Å². The van der Waals surface area contributed by atoms with Crippen LogP contribution in [0.25, 0.3) is 0 Å². The predicted molar refractivity (Wildman–Crippen MR) is 53.3 cm³/mol. The summed E-state index contributed by atoms with van der Waals surface area (Å²) in [6.07, 6.45) is 1.45. The van der Waals surface area contributed by atoms with Crippen molar-refractivity contribution in [2.45, 2.75) is 19.8 Å². The molecule has 0 aromatic carbocycles. The lowest BCUT2D eigenvalue weighted by Crippen LogP contribution is -2.32. The molecule has 0 aromatic rings. The molecule has 4 nitrogen and oxygen atoms in total. The Morgan fingerprint density at radius 1 is 1.54 bits per heavy atom. The summed E-state index contributed by atoms with van der Waals surface area (Å²) < 4.78 is 3.35. The first-order chi connectivity index (χ1) is 6.09. The molecule has 0 atom stereocenters. The van der Waals surface area contributed by atoms with Crippen molar-refractivity contribution in [2.24, 2.45) is 5.92 Å². The monoisotopic (exact) mass is 204 g/mol. The van der Waals surface area contributed by atoms with Gasteiger partial charge >= 0.3 is 6.09 Å². The molecule has 0 aliphatic carbocycles. The summed E-state index contributed by atoms with van der Waals surface area (Å²) >= 11 is 1.30. The average Bonchev–Trinajstić information content (AvgIpc) is 2.08. The standard InChI is InChI=1S/C8H16N2O2S/c1-7-3-5-10(6-4-7)13-9(2)8(11)12/h7H,3-6H2,1-2H3,(H,11,12). The Balaban J connectivity index is 2.26. The number of hydrogen-bond donors (Lipinski definition) is 1. The Kier molecular flexibility index (Phi) is 3.87. The number of hydrogen-bond acceptors (Lipinski definition) is 3. The third-order valence-corrected chi connectivity index (χ3v) is 3.25. The fraction of sp³-hybridized carbons (Fsp3) is 0.875. The van der Waals surface area contributed by atoms with Gasteiger partial charge in [0.1, 0.15) is 0 Å². The van der Waals surface area contributed by atoms with Gasteiger partial charge in [-0.2, -0.15) is 0 Å². The van der Waals surface area contributed by atoms with Gasteiger partial charge < -0.3 is 5.11 Å². The molecule has 0 spiro atoms. The van der Waals surface area contributed by atoms with Gasteiger partial charge in [-0.15, -0.1) is 0 Å². The third kappa shape index (κ3) is 3.44. The summed E-state index contributed by atoms with van der Waals surface area (Å²) in [6, 6.07) is 0. The van der Waals surface area contributed by atoms with E-state index in [4.69, 9.17) is 5.11 Å². The van der Waals surface area contributed by atoms with Crippen molar-refractivity contribution in [3.63, 3.8) is 0 Å². The second kappa shape index (κ2) is 4.72. The lowest BCUT2D eigenvalue weighted by molar-refractivity contribution is 0.179. The van der Waals surface area contributed by atoms with Crippen molar-refractivity contribution < 1.29 is 9.90 Å². The highest BCUT2D eigenvalue weighted by atomic mass is 32.2. The second-order valence-corrected chi connectivity index (χ2v) is 4.70. The van der Waals surface area contributed by atoms with Gasteiger partial charge in [0.25, 0.3) is 0 Å².